The summed E-state index contributed by atoms with van der Waals surface area (Å²) in [4.78, 5) is 2.51. The van der Waals surface area contributed by atoms with E-state index in [-0.39, 0.29) is 40.8 Å². The zero-order valence-electron chi connectivity index (χ0n) is 29.9. The average molecular weight is 646 g/mol. The van der Waals surface area contributed by atoms with E-state index in [9.17, 15) is 10.2 Å². The third-order valence-corrected chi connectivity index (χ3v) is 16.6. The van der Waals surface area contributed by atoms with E-state index < -0.39 is 17.8 Å². The van der Waals surface area contributed by atoms with E-state index in [1.807, 2.05) is 13.8 Å². The number of hydrogen-bond acceptors (Lipinski definition) is 8. The zero-order chi connectivity index (χ0) is 32.7. The van der Waals surface area contributed by atoms with Gasteiger partial charge in [0.05, 0.1) is 62.4 Å². The summed E-state index contributed by atoms with van der Waals surface area (Å²) in [7, 11) is 1.67. The minimum Gasteiger partial charge on any atom is -0.390 e. The van der Waals surface area contributed by atoms with Crippen LogP contribution in [0.25, 0.3) is 0 Å². The van der Waals surface area contributed by atoms with Crippen LogP contribution in [-0.2, 0) is 23.7 Å². The van der Waals surface area contributed by atoms with Crippen LogP contribution < -0.4 is 0 Å². The van der Waals surface area contributed by atoms with Gasteiger partial charge >= 0.3 is 0 Å². The van der Waals surface area contributed by atoms with E-state index in [0.29, 0.717) is 40.5 Å². The van der Waals surface area contributed by atoms with Crippen LogP contribution in [-0.4, -0.2) is 104 Å². The molecule has 262 valence electrons. The second-order valence-electron chi connectivity index (χ2n) is 19.0. The fourth-order valence-electron chi connectivity index (χ4n) is 14.3. The second kappa shape index (κ2) is 10.6. The summed E-state index contributed by atoms with van der Waals surface area (Å²) in [5, 5.41) is 23.5. The summed E-state index contributed by atoms with van der Waals surface area (Å²) >= 11 is 0. The van der Waals surface area contributed by atoms with Crippen molar-refractivity contribution in [2.24, 2.45) is 50.7 Å². The van der Waals surface area contributed by atoms with E-state index in [2.05, 4.69) is 39.5 Å². The highest BCUT2D eigenvalue weighted by Crippen LogP contribution is 2.89. The fraction of sp³-hybridized carbons (Fsp3) is 1.00. The van der Waals surface area contributed by atoms with E-state index in [1.165, 1.54) is 38.5 Å². The van der Waals surface area contributed by atoms with Crippen LogP contribution in [0, 0.1) is 50.7 Å². The molecule has 0 radical (unpaired) electrons. The summed E-state index contributed by atoms with van der Waals surface area (Å²) < 4.78 is 31.3. The van der Waals surface area contributed by atoms with Gasteiger partial charge in [-0.25, -0.2) is 0 Å². The summed E-state index contributed by atoms with van der Waals surface area (Å²) in [6, 6.07) is 0.523. The molecule has 0 aromatic carbocycles. The number of ether oxygens (including phenoxy) is 5. The van der Waals surface area contributed by atoms with Gasteiger partial charge in [0.1, 0.15) is 6.10 Å². The van der Waals surface area contributed by atoms with Crippen molar-refractivity contribution in [2.75, 3.05) is 40.0 Å². The molecule has 0 aromatic rings. The third kappa shape index (κ3) is 4.20. The first-order chi connectivity index (χ1) is 21.6. The summed E-state index contributed by atoms with van der Waals surface area (Å²) in [6.07, 6.45) is 8.05. The first kappa shape index (κ1) is 32.9. The highest BCUT2D eigenvalue weighted by molar-refractivity contribution is 5.33. The van der Waals surface area contributed by atoms with Crippen LogP contribution in [0.3, 0.4) is 0 Å². The van der Waals surface area contributed by atoms with Crippen molar-refractivity contribution in [2.45, 2.75) is 148 Å². The fourth-order valence-corrected chi connectivity index (χ4v) is 14.3. The Balaban J connectivity index is 1.03. The maximum atomic E-state index is 12.5. The van der Waals surface area contributed by atoms with E-state index in [1.54, 1.807) is 7.11 Å². The summed E-state index contributed by atoms with van der Waals surface area (Å²) in [5.41, 5.74) is -0.430. The highest BCUT2D eigenvalue weighted by atomic mass is 16.7. The third-order valence-electron chi connectivity index (χ3n) is 16.6. The van der Waals surface area contributed by atoms with Crippen LogP contribution in [0.5, 0.6) is 0 Å². The molecule has 8 rings (SSSR count). The number of aliphatic hydroxyl groups excluding tert-OH is 1. The van der Waals surface area contributed by atoms with Gasteiger partial charge in [-0.05, 0) is 111 Å². The summed E-state index contributed by atoms with van der Waals surface area (Å²) in [5.74, 6) is 1.85. The van der Waals surface area contributed by atoms with Crippen LogP contribution in [0.4, 0.5) is 0 Å². The average Bonchev–Trinajstić information content (AvgIpc) is 3.58. The molecule has 5 saturated carbocycles. The Morgan fingerprint density at radius 1 is 0.978 bits per heavy atom. The standard InChI is InChI=1S/C38H63NO7/c1-22-17-24(32(42-8)34(4,5)41)45-30-29(22)35(6)13-14-38-21-37(38)12-11-27(46-28-18-39(15-16-44-28)23-19-43-20-23)33(2,3)25(37)9-10-26(38)36(35,7)31(30)40/h22-32,40-41H,9-21H2,1-8H3/t22-,24-,25+,26?,27?,28+,29+,30+,31+,32+,35?,36-,37?,38?/m1/s1. The molecule has 8 nitrogen and oxygen atoms in total. The highest BCUT2D eigenvalue weighted by Gasteiger charge is 2.84. The molecule has 2 N–H and O–H groups in total. The Bertz CT molecular complexity index is 1190. The molecule has 0 amide bonds. The van der Waals surface area contributed by atoms with Gasteiger partial charge in [0.2, 0.25) is 0 Å². The molecular weight excluding hydrogens is 582 g/mol. The lowest BCUT2D eigenvalue weighted by Crippen LogP contribution is -2.60. The normalized spacial score (nSPS) is 54.0. The largest absolute Gasteiger partial charge is 0.390 e. The Kier molecular flexibility index (Phi) is 7.57. The maximum Gasteiger partial charge on any atom is 0.170 e. The van der Waals surface area contributed by atoms with Gasteiger partial charge in [0.25, 0.3) is 0 Å². The summed E-state index contributed by atoms with van der Waals surface area (Å²) in [6.45, 7) is 20.2. The van der Waals surface area contributed by atoms with Crippen molar-refractivity contribution < 1.29 is 33.9 Å². The minimum atomic E-state index is -1.01. The van der Waals surface area contributed by atoms with Crippen molar-refractivity contribution in [3.05, 3.63) is 0 Å². The van der Waals surface area contributed by atoms with Crippen LogP contribution >= 0.6 is 0 Å². The molecule has 0 bridgehead atoms. The number of hydrogen-bond donors (Lipinski definition) is 2. The molecule has 14 atom stereocenters. The molecule has 46 heavy (non-hydrogen) atoms. The van der Waals surface area contributed by atoms with Gasteiger partial charge in [-0.15, -0.1) is 0 Å². The van der Waals surface area contributed by atoms with Gasteiger partial charge < -0.3 is 33.9 Å². The van der Waals surface area contributed by atoms with Gasteiger partial charge in [-0.2, -0.15) is 0 Å². The van der Waals surface area contributed by atoms with Crippen LogP contribution in [0.15, 0.2) is 0 Å². The number of morpholine rings is 1. The number of fused-ring (bicyclic) bond motifs is 4. The lowest BCUT2D eigenvalue weighted by Gasteiger charge is -2.64. The Labute approximate surface area is 277 Å². The van der Waals surface area contributed by atoms with Gasteiger partial charge in [-0.1, -0.05) is 34.6 Å². The van der Waals surface area contributed by atoms with Crippen molar-refractivity contribution in [1.29, 1.82) is 0 Å². The van der Waals surface area contributed by atoms with Crippen molar-refractivity contribution in [1.82, 2.24) is 4.90 Å². The monoisotopic (exact) mass is 645 g/mol. The number of methoxy groups -OCH3 is 1. The minimum absolute atomic E-state index is 0.0246. The lowest BCUT2D eigenvalue weighted by molar-refractivity contribution is -0.256. The van der Waals surface area contributed by atoms with Gasteiger partial charge in [0.15, 0.2) is 6.29 Å². The maximum absolute atomic E-state index is 12.5. The molecule has 8 heteroatoms. The number of rotatable bonds is 6. The van der Waals surface area contributed by atoms with E-state index in [4.69, 9.17) is 23.7 Å². The van der Waals surface area contributed by atoms with Crippen molar-refractivity contribution >= 4 is 0 Å². The molecule has 5 unspecified atom stereocenters. The van der Waals surface area contributed by atoms with Gasteiger partial charge in [0, 0.05) is 19.1 Å². The van der Waals surface area contributed by atoms with E-state index >= 15 is 0 Å². The Morgan fingerprint density at radius 3 is 2.37 bits per heavy atom. The lowest BCUT2D eigenvalue weighted by atomic mass is 9.41. The molecule has 3 aliphatic heterocycles. The van der Waals surface area contributed by atoms with Crippen LogP contribution in [0.1, 0.15) is 99.8 Å². The Morgan fingerprint density at radius 2 is 1.70 bits per heavy atom. The molecule has 5 aliphatic carbocycles. The molecule has 3 saturated heterocycles. The molecule has 8 aliphatic rings. The number of aliphatic hydroxyl groups is 2. The zero-order valence-corrected chi connectivity index (χ0v) is 29.9. The second-order valence-corrected chi connectivity index (χ2v) is 19.0. The number of nitrogens with zero attached hydrogens (tertiary/aromatic N) is 1. The first-order valence-corrected chi connectivity index (χ1v) is 18.8. The predicted molar refractivity (Wildman–Crippen MR) is 174 cm³/mol. The Hall–Kier alpha value is -0.320. The van der Waals surface area contributed by atoms with Gasteiger partial charge in [-0.3, -0.25) is 4.90 Å². The van der Waals surface area contributed by atoms with Crippen molar-refractivity contribution in [3.8, 4) is 0 Å². The molecule has 2 spiro atoms. The molecule has 8 fully saturated rings. The van der Waals surface area contributed by atoms with E-state index in [0.717, 1.165) is 45.8 Å². The molecular formula is C38H63NO7. The molecule has 0 aromatic heterocycles. The topological polar surface area (TPSA) is 89.9 Å². The van der Waals surface area contributed by atoms with Crippen molar-refractivity contribution in [3.63, 3.8) is 0 Å². The SMILES string of the molecule is CO[C@@H]([C@H]1C[C@@H](C)[C@H]2[C@H](O1)[C@H](O)[C@@]1(C)C3CC[C@H]4C(C)(C)C(O[C@H]5CN(C6COC6)CCO5)CCC45CC35CCC21C)C(C)(C)O. The first-order valence-electron chi connectivity index (χ1n) is 18.8. The smallest absolute Gasteiger partial charge is 0.170 e. The van der Waals surface area contributed by atoms with Crippen LogP contribution in [0.2, 0.25) is 0 Å². The predicted octanol–water partition coefficient (Wildman–Crippen LogP) is 5.03. The molecule has 3 heterocycles. The quantitative estimate of drug-likeness (QED) is 0.416.